The average Bonchev–Trinajstić information content (AvgIpc) is 2.75. The van der Waals surface area contributed by atoms with Crippen molar-refractivity contribution in [2.75, 3.05) is 37.5 Å². The van der Waals surface area contributed by atoms with Gasteiger partial charge in [-0.15, -0.1) is 6.58 Å². The van der Waals surface area contributed by atoms with Crippen molar-refractivity contribution in [1.82, 2.24) is 0 Å². The highest BCUT2D eigenvalue weighted by atomic mass is 32.2. The summed E-state index contributed by atoms with van der Waals surface area (Å²) in [5, 5.41) is 2.65. The zero-order chi connectivity index (χ0) is 22.8. The Morgan fingerprint density at radius 2 is 1.68 bits per heavy atom. The second-order valence-corrected chi connectivity index (χ2v) is 8.46. The molecule has 1 aliphatic rings. The van der Waals surface area contributed by atoms with E-state index in [9.17, 15) is 13.2 Å². The van der Waals surface area contributed by atoms with Crippen molar-refractivity contribution >= 4 is 32.9 Å². The molecule has 0 bridgehead atoms. The lowest BCUT2D eigenvalue weighted by Crippen LogP contribution is -2.39. The summed E-state index contributed by atoms with van der Waals surface area (Å²) in [5.41, 5.74) is 1.57. The molecule has 9 heteroatoms. The Balaban J connectivity index is 2.21. The van der Waals surface area contributed by atoms with Crippen molar-refractivity contribution in [1.29, 1.82) is 0 Å². The lowest BCUT2D eigenvalue weighted by atomic mass is 10.0. The van der Waals surface area contributed by atoms with Gasteiger partial charge in [0.15, 0.2) is 16.4 Å². The van der Waals surface area contributed by atoms with Crippen LogP contribution in [0.15, 0.2) is 54.0 Å². The van der Waals surface area contributed by atoms with Gasteiger partial charge in [-0.3, -0.25) is 9.10 Å². The van der Waals surface area contributed by atoms with E-state index in [1.807, 2.05) is 0 Å². The van der Waals surface area contributed by atoms with E-state index in [1.165, 1.54) is 27.4 Å². The molecule has 1 aliphatic heterocycles. The minimum Gasteiger partial charge on any atom is -0.495 e. The molecular weight excluding hydrogens is 420 g/mol. The van der Waals surface area contributed by atoms with Crippen LogP contribution in [0.25, 0.3) is 5.57 Å². The molecule has 2 aromatic rings. The summed E-state index contributed by atoms with van der Waals surface area (Å²) < 4.78 is 44.0. The molecule has 8 nitrogen and oxygen atoms in total. The van der Waals surface area contributed by atoms with Crippen molar-refractivity contribution < 1.29 is 27.4 Å². The summed E-state index contributed by atoms with van der Waals surface area (Å²) in [6.45, 7) is 5.22. The summed E-state index contributed by atoms with van der Waals surface area (Å²) >= 11 is 0. The fourth-order valence-corrected chi connectivity index (χ4v) is 5.17. The number of nitrogens with one attached hydrogen (secondary N) is 1. The quantitative estimate of drug-likeness (QED) is 0.658. The third-order valence-electron chi connectivity index (χ3n) is 4.92. The molecule has 2 aromatic carbocycles. The first kappa shape index (κ1) is 22.2. The van der Waals surface area contributed by atoms with Gasteiger partial charge in [0, 0.05) is 11.6 Å². The summed E-state index contributed by atoms with van der Waals surface area (Å²) in [6.07, 6.45) is 1.45. The van der Waals surface area contributed by atoms with Crippen LogP contribution >= 0.6 is 0 Å². The maximum Gasteiger partial charge on any atom is 0.270 e. The van der Waals surface area contributed by atoms with E-state index in [4.69, 9.17) is 14.2 Å². The molecule has 1 N–H and O–H groups in total. The molecule has 164 valence electrons. The summed E-state index contributed by atoms with van der Waals surface area (Å²) in [6, 6.07) is 10.00. The molecule has 0 saturated carbocycles. The van der Waals surface area contributed by atoms with Crippen LogP contribution in [-0.2, 0) is 14.8 Å². The molecule has 0 aliphatic carbocycles. The normalized spacial score (nSPS) is 14.5. The Morgan fingerprint density at radius 3 is 2.29 bits per heavy atom. The Morgan fingerprint density at radius 1 is 1.06 bits per heavy atom. The van der Waals surface area contributed by atoms with Gasteiger partial charge in [0.2, 0.25) is 0 Å². The number of benzene rings is 2. The van der Waals surface area contributed by atoms with Gasteiger partial charge >= 0.3 is 0 Å². The predicted molar refractivity (Wildman–Crippen MR) is 120 cm³/mol. The fraction of sp³-hybridized carbons (Fsp3) is 0.227. The molecule has 1 heterocycles. The van der Waals surface area contributed by atoms with Gasteiger partial charge in [0.25, 0.3) is 15.9 Å². The van der Waals surface area contributed by atoms with Crippen LogP contribution in [0, 0.1) is 0 Å². The molecule has 0 aromatic heterocycles. The van der Waals surface area contributed by atoms with E-state index in [2.05, 4.69) is 11.9 Å². The van der Waals surface area contributed by atoms with E-state index in [0.717, 1.165) is 4.31 Å². The first-order valence-corrected chi connectivity index (χ1v) is 10.8. The van der Waals surface area contributed by atoms with Gasteiger partial charge in [-0.1, -0.05) is 18.2 Å². The summed E-state index contributed by atoms with van der Waals surface area (Å²) in [4.78, 5) is 12.8. The number of allylic oxidation sites excluding steroid dienone is 1. The predicted octanol–water partition coefficient (Wildman–Crippen LogP) is 3.42. The van der Waals surface area contributed by atoms with Gasteiger partial charge in [0.05, 0.1) is 39.2 Å². The summed E-state index contributed by atoms with van der Waals surface area (Å²) in [5.74, 6) is 0.441. The largest absolute Gasteiger partial charge is 0.495 e. The number of hydrogen-bond donors (Lipinski definition) is 1. The molecule has 0 radical (unpaired) electrons. The molecule has 0 atom stereocenters. The fourth-order valence-electron chi connectivity index (χ4n) is 3.46. The Kier molecular flexibility index (Phi) is 6.26. The number of amides is 1. The van der Waals surface area contributed by atoms with E-state index in [1.54, 1.807) is 43.3 Å². The number of carbonyl (C=O) groups excluding carboxylic acids is 1. The van der Waals surface area contributed by atoms with Crippen LogP contribution < -0.4 is 23.8 Å². The van der Waals surface area contributed by atoms with Crippen LogP contribution in [0.1, 0.15) is 12.5 Å². The van der Waals surface area contributed by atoms with E-state index < -0.39 is 15.9 Å². The van der Waals surface area contributed by atoms with Crippen molar-refractivity contribution in [3.05, 3.63) is 59.5 Å². The first-order chi connectivity index (χ1) is 14.8. The van der Waals surface area contributed by atoms with Crippen molar-refractivity contribution in [2.45, 2.75) is 6.92 Å². The van der Waals surface area contributed by atoms with Crippen molar-refractivity contribution in [2.24, 2.45) is 0 Å². The number of anilines is 2. The third-order valence-corrected chi connectivity index (χ3v) is 6.85. The van der Waals surface area contributed by atoms with Gasteiger partial charge in [-0.25, -0.2) is 8.42 Å². The van der Waals surface area contributed by atoms with E-state index in [-0.39, 0.29) is 11.4 Å². The zero-order valence-corrected chi connectivity index (χ0v) is 18.6. The number of methoxy groups -OCH3 is 3. The van der Waals surface area contributed by atoms with E-state index in [0.29, 0.717) is 39.8 Å². The number of hydrogen-bond acceptors (Lipinski definition) is 6. The highest BCUT2D eigenvalue weighted by Crippen LogP contribution is 2.45. The number of sulfonamides is 1. The topological polar surface area (TPSA) is 94.2 Å². The Hall–Kier alpha value is -3.46. The minimum atomic E-state index is -4.18. The monoisotopic (exact) mass is 444 g/mol. The second kappa shape index (κ2) is 8.73. The molecule has 3 rings (SSSR count). The average molecular weight is 445 g/mol. The number of carbonyl (C=O) groups is 1. The SMILES string of the molecule is C=CCN1c2cc(OC)c(OC)cc2C(C)=C(C(=O)Nc2ccccc2OC)S1(=O)=O. The third kappa shape index (κ3) is 3.84. The minimum absolute atomic E-state index is 0.0243. The highest BCUT2D eigenvalue weighted by molar-refractivity contribution is 7.97. The molecule has 0 unspecified atom stereocenters. The summed E-state index contributed by atoms with van der Waals surface area (Å²) in [7, 11) is 0.239. The van der Waals surface area contributed by atoms with Crippen LogP contribution in [0.5, 0.6) is 17.2 Å². The number of fused-ring (bicyclic) bond motifs is 1. The van der Waals surface area contributed by atoms with Crippen LogP contribution in [-0.4, -0.2) is 42.2 Å². The Labute approximate surface area is 181 Å². The maximum atomic E-state index is 13.5. The van der Waals surface area contributed by atoms with Gasteiger partial charge < -0.3 is 19.5 Å². The van der Waals surface area contributed by atoms with Gasteiger partial charge in [-0.2, -0.15) is 0 Å². The van der Waals surface area contributed by atoms with Crippen LogP contribution in [0.3, 0.4) is 0 Å². The van der Waals surface area contributed by atoms with Gasteiger partial charge in [0.1, 0.15) is 5.75 Å². The Bertz CT molecular complexity index is 1170. The molecule has 31 heavy (non-hydrogen) atoms. The lowest BCUT2D eigenvalue weighted by Gasteiger charge is -2.32. The number of nitrogens with zero attached hydrogens (tertiary/aromatic N) is 1. The lowest BCUT2D eigenvalue weighted by molar-refractivity contribution is -0.112. The standard InChI is InChI=1S/C22H24N2O6S/c1-6-11-24-17-13-20(30-5)19(29-4)12-15(17)14(2)21(31(24,26)27)22(25)23-16-9-7-8-10-18(16)28-3/h6-10,12-13H,1,11H2,2-5H3,(H,23,25). The molecule has 0 saturated heterocycles. The highest BCUT2D eigenvalue weighted by Gasteiger charge is 2.40. The van der Waals surface area contributed by atoms with Crippen molar-refractivity contribution in [3.63, 3.8) is 0 Å². The number of para-hydroxylation sites is 2. The first-order valence-electron chi connectivity index (χ1n) is 9.35. The smallest absolute Gasteiger partial charge is 0.270 e. The molecule has 0 spiro atoms. The number of ether oxygens (including phenoxy) is 3. The zero-order valence-electron chi connectivity index (χ0n) is 17.8. The van der Waals surface area contributed by atoms with E-state index >= 15 is 0 Å². The second-order valence-electron chi connectivity index (χ2n) is 6.66. The molecule has 0 fully saturated rings. The molecular formula is C22H24N2O6S. The molecule has 1 amide bonds. The van der Waals surface area contributed by atoms with Gasteiger partial charge in [-0.05, 0) is 30.7 Å². The van der Waals surface area contributed by atoms with Crippen LogP contribution in [0.4, 0.5) is 11.4 Å². The maximum absolute atomic E-state index is 13.5. The number of rotatable bonds is 7. The van der Waals surface area contributed by atoms with Crippen molar-refractivity contribution in [3.8, 4) is 17.2 Å². The van der Waals surface area contributed by atoms with Crippen LogP contribution in [0.2, 0.25) is 0 Å².